The minimum absolute atomic E-state index is 0.103. The van der Waals surface area contributed by atoms with E-state index >= 15 is 0 Å². The Morgan fingerprint density at radius 2 is 2.42 bits per heavy atom. The van der Waals surface area contributed by atoms with Gasteiger partial charge in [0.05, 0.1) is 12.2 Å². The van der Waals surface area contributed by atoms with Gasteiger partial charge in [0.15, 0.2) is 0 Å². The van der Waals surface area contributed by atoms with Gasteiger partial charge in [0.2, 0.25) is 10.0 Å². The van der Waals surface area contributed by atoms with Gasteiger partial charge in [-0.2, -0.15) is 0 Å². The highest BCUT2D eigenvalue weighted by molar-refractivity contribution is 7.90. The molecule has 0 spiro atoms. The van der Waals surface area contributed by atoms with Crippen LogP contribution in [0.25, 0.3) is 0 Å². The van der Waals surface area contributed by atoms with Crippen molar-refractivity contribution in [1.82, 2.24) is 9.88 Å². The summed E-state index contributed by atoms with van der Waals surface area (Å²) in [6.45, 7) is 0.103. The second-order valence-electron chi connectivity index (χ2n) is 2.04. The largest absolute Gasteiger partial charge is 0.364 e. The second-order valence-corrected chi connectivity index (χ2v) is 4.43. The first-order valence-corrected chi connectivity index (χ1v) is 5.25. The summed E-state index contributed by atoms with van der Waals surface area (Å²) in [4.78, 5) is 0. The average Bonchev–Trinajstić information content (AvgIpc) is 2.53. The highest BCUT2D eigenvalue weighted by atomic mass is 35.5. The normalized spacial score (nSPS) is 11.8. The molecule has 0 aliphatic carbocycles. The monoisotopic (exact) mass is 210 g/mol. The Morgan fingerprint density at radius 1 is 1.67 bits per heavy atom. The van der Waals surface area contributed by atoms with Crippen molar-refractivity contribution in [2.45, 2.75) is 6.54 Å². The lowest BCUT2D eigenvalue weighted by Gasteiger charge is -1.98. The van der Waals surface area contributed by atoms with Crippen molar-refractivity contribution in [3.8, 4) is 0 Å². The molecule has 0 saturated carbocycles. The summed E-state index contributed by atoms with van der Waals surface area (Å²) in [5.41, 5.74) is 0.517. The van der Waals surface area contributed by atoms with E-state index in [-0.39, 0.29) is 6.54 Å². The summed E-state index contributed by atoms with van der Waals surface area (Å²) < 4.78 is 28.3. The van der Waals surface area contributed by atoms with Gasteiger partial charge >= 0.3 is 0 Å². The zero-order valence-electron chi connectivity index (χ0n) is 6.03. The van der Waals surface area contributed by atoms with Crippen LogP contribution < -0.4 is 4.72 Å². The number of nitrogens with one attached hydrogen (secondary N) is 1. The molecule has 1 rings (SSSR count). The molecule has 1 aromatic rings. The third-order valence-corrected chi connectivity index (χ3v) is 2.84. The fourth-order valence-electron chi connectivity index (χ4n) is 0.551. The third-order valence-electron chi connectivity index (χ3n) is 1.11. The van der Waals surface area contributed by atoms with Crippen LogP contribution in [-0.4, -0.2) is 18.8 Å². The van der Waals surface area contributed by atoms with Crippen LogP contribution in [0.15, 0.2) is 16.9 Å². The van der Waals surface area contributed by atoms with Gasteiger partial charge in [-0.25, -0.2) is 13.1 Å². The Labute approximate surface area is 74.7 Å². The van der Waals surface area contributed by atoms with Crippen molar-refractivity contribution in [3.63, 3.8) is 0 Å². The summed E-state index contributed by atoms with van der Waals surface area (Å²) in [6, 6.07) is 1.57. The van der Waals surface area contributed by atoms with Crippen LogP contribution in [0, 0.1) is 0 Å². The number of rotatable bonds is 4. The fourth-order valence-corrected chi connectivity index (χ4v) is 1.23. The SMILES string of the molecule is O=S(=O)(CCl)NCc1ccon1. The number of alkyl halides is 1. The Morgan fingerprint density at radius 3 is 2.92 bits per heavy atom. The average molecular weight is 211 g/mol. The summed E-state index contributed by atoms with van der Waals surface area (Å²) in [7, 11) is -3.36. The summed E-state index contributed by atoms with van der Waals surface area (Å²) >= 11 is 5.14. The molecule has 0 aliphatic heterocycles. The number of sulfonamides is 1. The maximum atomic E-state index is 10.8. The van der Waals surface area contributed by atoms with E-state index in [1.165, 1.54) is 6.26 Å². The zero-order chi connectivity index (χ0) is 9.03. The predicted octanol–water partition coefficient (Wildman–Crippen LogP) is 0.290. The highest BCUT2D eigenvalue weighted by Crippen LogP contribution is 1.95. The molecule has 0 amide bonds. The third kappa shape index (κ3) is 2.80. The van der Waals surface area contributed by atoms with Gasteiger partial charge in [-0.1, -0.05) is 5.16 Å². The molecule has 0 aliphatic rings. The van der Waals surface area contributed by atoms with Gasteiger partial charge in [0.1, 0.15) is 11.5 Å². The van der Waals surface area contributed by atoms with Crippen molar-refractivity contribution in [1.29, 1.82) is 0 Å². The highest BCUT2D eigenvalue weighted by Gasteiger charge is 2.07. The lowest BCUT2D eigenvalue weighted by molar-refractivity contribution is 0.411. The topological polar surface area (TPSA) is 72.2 Å². The van der Waals surface area contributed by atoms with E-state index in [0.29, 0.717) is 5.69 Å². The Balaban J connectivity index is 2.47. The van der Waals surface area contributed by atoms with E-state index in [0.717, 1.165) is 0 Å². The van der Waals surface area contributed by atoms with Crippen molar-refractivity contribution in [2.75, 3.05) is 5.21 Å². The molecule has 1 aromatic heterocycles. The molecular weight excluding hydrogens is 204 g/mol. The molecular formula is C5H7ClN2O3S. The lowest BCUT2D eigenvalue weighted by Crippen LogP contribution is -2.23. The van der Waals surface area contributed by atoms with Crippen LogP contribution >= 0.6 is 11.6 Å². The molecule has 5 nitrogen and oxygen atoms in total. The van der Waals surface area contributed by atoms with Crippen molar-refractivity contribution >= 4 is 21.6 Å². The molecule has 0 unspecified atom stereocenters. The maximum Gasteiger partial charge on any atom is 0.226 e. The number of aromatic nitrogens is 1. The van der Waals surface area contributed by atoms with Crippen LogP contribution in [-0.2, 0) is 16.6 Å². The standard InChI is InChI=1S/C5H7ClN2O3S/c6-4-12(9,10)7-3-5-1-2-11-8-5/h1-2,7H,3-4H2. The molecule has 0 bridgehead atoms. The van der Waals surface area contributed by atoms with Gasteiger partial charge in [0.25, 0.3) is 0 Å². The smallest absolute Gasteiger partial charge is 0.226 e. The molecule has 0 saturated heterocycles. The van der Waals surface area contributed by atoms with E-state index in [1.807, 2.05) is 0 Å². The Kier molecular flexibility index (Phi) is 3.07. The molecule has 0 fully saturated rings. The molecule has 7 heteroatoms. The van der Waals surface area contributed by atoms with Crippen LogP contribution in [0.5, 0.6) is 0 Å². The predicted molar refractivity (Wildman–Crippen MR) is 43.0 cm³/mol. The van der Waals surface area contributed by atoms with E-state index in [9.17, 15) is 8.42 Å². The number of halogens is 1. The minimum Gasteiger partial charge on any atom is -0.364 e. The van der Waals surface area contributed by atoms with Crippen LogP contribution in [0.2, 0.25) is 0 Å². The van der Waals surface area contributed by atoms with Crippen LogP contribution in [0.4, 0.5) is 0 Å². The van der Waals surface area contributed by atoms with Crippen molar-refractivity contribution in [2.24, 2.45) is 0 Å². The minimum atomic E-state index is -3.36. The van der Waals surface area contributed by atoms with Gasteiger partial charge in [-0.3, -0.25) is 0 Å². The molecule has 68 valence electrons. The van der Waals surface area contributed by atoms with Gasteiger partial charge in [0, 0.05) is 6.07 Å². The van der Waals surface area contributed by atoms with Gasteiger partial charge in [-0.15, -0.1) is 11.6 Å². The number of nitrogens with zero attached hydrogens (tertiary/aromatic N) is 1. The summed E-state index contributed by atoms with van der Waals surface area (Å²) in [6.07, 6.45) is 1.37. The van der Waals surface area contributed by atoms with E-state index in [1.54, 1.807) is 6.07 Å². The Bertz CT molecular complexity index is 320. The number of hydrogen-bond donors (Lipinski definition) is 1. The maximum absolute atomic E-state index is 10.8. The molecule has 0 radical (unpaired) electrons. The Hall–Kier alpha value is -0.590. The summed E-state index contributed by atoms with van der Waals surface area (Å²) in [5, 5.41) is 3.06. The molecule has 0 atom stereocenters. The van der Waals surface area contributed by atoms with Crippen LogP contribution in [0.1, 0.15) is 5.69 Å². The van der Waals surface area contributed by atoms with Gasteiger partial charge < -0.3 is 4.52 Å². The molecule has 12 heavy (non-hydrogen) atoms. The van der Waals surface area contributed by atoms with Crippen molar-refractivity contribution < 1.29 is 12.9 Å². The lowest BCUT2D eigenvalue weighted by atomic mass is 10.5. The first kappa shape index (κ1) is 9.50. The summed E-state index contributed by atoms with van der Waals surface area (Å²) in [5.74, 6) is 0. The molecule has 1 heterocycles. The zero-order valence-corrected chi connectivity index (χ0v) is 7.60. The first-order chi connectivity index (χ1) is 5.64. The van der Waals surface area contributed by atoms with Crippen molar-refractivity contribution in [3.05, 3.63) is 18.0 Å². The van der Waals surface area contributed by atoms with Crippen LogP contribution in [0.3, 0.4) is 0 Å². The quantitative estimate of drug-likeness (QED) is 0.726. The van der Waals surface area contributed by atoms with E-state index in [2.05, 4.69) is 14.4 Å². The second kappa shape index (κ2) is 3.88. The van der Waals surface area contributed by atoms with Gasteiger partial charge in [-0.05, 0) is 0 Å². The number of hydrogen-bond acceptors (Lipinski definition) is 4. The first-order valence-electron chi connectivity index (χ1n) is 3.06. The van der Waals surface area contributed by atoms with E-state index in [4.69, 9.17) is 11.6 Å². The molecule has 1 N–H and O–H groups in total. The fraction of sp³-hybridized carbons (Fsp3) is 0.400. The molecule has 0 aromatic carbocycles. The van der Waals surface area contributed by atoms with E-state index < -0.39 is 15.2 Å².